The van der Waals surface area contributed by atoms with Gasteiger partial charge in [-0.05, 0) is 0 Å². The van der Waals surface area contributed by atoms with Gasteiger partial charge >= 0.3 is 0 Å². The van der Waals surface area contributed by atoms with E-state index < -0.39 is 10.2 Å². The second-order valence-corrected chi connectivity index (χ2v) is 6.50. The lowest BCUT2D eigenvalue weighted by Gasteiger charge is -2.19. The minimum atomic E-state index is -3.45. The molecule has 0 amide bonds. The monoisotopic (exact) mass is 262 g/mol. The van der Waals surface area contributed by atoms with E-state index in [2.05, 4.69) is 10.1 Å². The first kappa shape index (κ1) is 14.1. The van der Waals surface area contributed by atoms with E-state index in [0.29, 0.717) is 11.7 Å². The Bertz CT molecular complexity index is 466. The molecular weight excluding hydrogens is 244 g/mol. The largest absolute Gasteiger partial charge is 0.338 e. The van der Waals surface area contributed by atoms with Crippen LogP contribution in [0.5, 0.6) is 0 Å². The molecule has 0 unspecified atom stereocenters. The predicted molar refractivity (Wildman–Crippen MR) is 62.5 cm³/mol. The van der Waals surface area contributed by atoms with Crippen LogP contribution in [0.15, 0.2) is 4.52 Å². The molecule has 1 heterocycles. The van der Waals surface area contributed by atoms with Crippen molar-refractivity contribution in [3.8, 4) is 0 Å². The van der Waals surface area contributed by atoms with Gasteiger partial charge < -0.3 is 4.52 Å². The van der Waals surface area contributed by atoms with Crippen molar-refractivity contribution in [1.29, 1.82) is 0 Å². The molecule has 0 aliphatic carbocycles. The fraction of sp³-hybridized carbons (Fsp3) is 0.778. The zero-order valence-corrected chi connectivity index (χ0v) is 11.5. The summed E-state index contributed by atoms with van der Waals surface area (Å²) in [6, 6.07) is 0. The molecule has 1 rings (SSSR count). The van der Waals surface area contributed by atoms with Crippen LogP contribution in [0.3, 0.4) is 0 Å². The topological polar surface area (TPSA) is 79.5 Å². The summed E-state index contributed by atoms with van der Waals surface area (Å²) in [5.41, 5.74) is 0. The second kappa shape index (κ2) is 5.11. The van der Waals surface area contributed by atoms with E-state index in [1.165, 1.54) is 21.1 Å². The fourth-order valence-electron chi connectivity index (χ4n) is 1.12. The fourth-order valence-corrected chi connectivity index (χ4v) is 1.95. The molecular formula is C9H18N4O3S. The Kier molecular flexibility index (Phi) is 4.23. The molecule has 7 nitrogen and oxygen atoms in total. The van der Waals surface area contributed by atoms with Crippen molar-refractivity contribution < 1.29 is 12.9 Å². The Morgan fingerprint density at radius 1 is 1.29 bits per heavy atom. The van der Waals surface area contributed by atoms with Crippen molar-refractivity contribution in [1.82, 2.24) is 18.8 Å². The van der Waals surface area contributed by atoms with Crippen LogP contribution in [0.4, 0.5) is 0 Å². The lowest BCUT2D eigenvalue weighted by molar-refractivity contribution is 0.324. The van der Waals surface area contributed by atoms with Gasteiger partial charge in [-0.15, -0.1) is 0 Å². The van der Waals surface area contributed by atoms with Crippen molar-refractivity contribution in [2.24, 2.45) is 0 Å². The maximum Gasteiger partial charge on any atom is 0.281 e. The van der Waals surface area contributed by atoms with Crippen LogP contribution in [0, 0.1) is 0 Å². The lowest BCUT2D eigenvalue weighted by atomic mass is 10.2. The Labute approximate surface area is 102 Å². The van der Waals surface area contributed by atoms with Gasteiger partial charge in [-0.1, -0.05) is 19.0 Å². The quantitative estimate of drug-likeness (QED) is 0.769. The van der Waals surface area contributed by atoms with Crippen LogP contribution in [0.1, 0.15) is 31.5 Å². The summed E-state index contributed by atoms with van der Waals surface area (Å²) < 4.78 is 30.7. The molecule has 1 aromatic rings. The van der Waals surface area contributed by atoms with Gasteiger partial charge in [0.15, 0.2) is 5.82 Å². The third kappa shape index (κ3) is 3.24. The molecule has 0 N–H and O–H groups in total. The van der Waals surface area contributed by atoms with Crippen LogP contribution in [-0.2, 0) is 16.8 Å². The van der Waals surface area contributed by atoms with Crippen LogP contribution >= 0.6 is 0 Å². The highest BCUT2D eigenvalue weighted by Crippen LogP contribution is 2.12. The summed E-state index contributed by atoms with van der Waals surface area (Å²) in [7, 11) is 0.962. The summed E-state index contributed by atoms with van der Waals surface area (Å²) in [6.07, 6.45) is 0. The molecule has 0 fully saturated rings. The SMILES string of the molecule is CC(C)c1noc(CN(C)S(=O)(=O)N(C)C)n1. The second-order valence-electron chi connectivity index (χ2n) is 4.25. The Morgan fingerprint density at radius 3 is 2.29 bits per heavy atom. The summed E-state index contributed by atoms with van der Waals surface area (Å²) >= 11 is 0. The first-order valence-electron chi connectivity index (χ1n) is 5.21. The minimum absolute atomic E-state index is 0.0697. The maximum atomic E-state index is 11.7. The molecule has 0 aliphatic heterocycles. The maximum absolute atomic E-state index is 11.7. The predicted octanol–water partition coefficient (Wildman–Crippen LogP) is 0.431. The summed E-state index contributed by atoms with van der Waals surface area (Å²) in [6.45, 7) is 3.95. The van der Waals surface area contributed by atoms with Crippen molar-refractivity contribution >= 4 is 10.2 Å². The third-order valence-corrected chi connectivity index (χ3v) is 4.05. The molecule has 0 saturated heterocycles. The molecule has 0 aromatic carbocycles. The van der Waals surface area contributed by atoms with E-state index in [9.17, 15) is 8.42 Å². The highest BCUT2D eigenvalue weighted by Gasteiger charge is 2.23. The average Bonchev–Trinajstić information content (AvgIpc) is 2.65. The van der Waals surface area contributed by atoms with Crippen molar-refractivity contribution in [3.05, 3.63) is 11.7 Å². The van der Waals surface area contributed by atoms with Gasteiger partial charge in [0.2, 0.25) is 5.89 Å². The number of hydrogen-bond acceptors (Lipinski definition) is 5. The van der Waals surface area contributed by atoms with Gasteiger partial charge in [0.25, 0.3) is 10.2 Å². The van der Waals surface area contributed by atoms with Gasteiger partial charge in [0.05, 0.1) is 6.54 Å². The van der Waals surface area contributed by atoms with Gasteiger partial charge in [-0.25, -0.2) is 0 Å². The van der Waals surface area contributed by atoms with Crippen LogP contribution < -0.4 is 0 Å². The molecule has 1 aromatic heterocycles. The minimum Gasteiger partial charge on any atom is -0.338 e. The molecule has 0 atom stereocenters. The standard InChI is InChI=1S/C9H18N4O3S/c1-7(2)9-10-8(16-11-9)6-13(5)17(14,15)12(3)4/h7H,6H2,1-5H3. The molecule has 98 valence electrons. The number of hydrogen-bond donors (Lipinski definition) is 0. The summed E-state index contributed by atoms with van der Waals surface area (Å²) in [5.74, 6) is 1.03. The van der Waals surface area contributed by atoms with Gasteiger partial charge in [-0.2, -0.15) is 22.0 Å². The Hall–Kier alpha value is -0.990. The normalized spacial score (nSPS) is 12.9. The number of nitrogens with zero attached hydrogens (tertiary/aromatic N) is 4. The number of aromatic nitrogens is 2. The third-order valence-electron chi connectivity index (χ3n) is 2.21. The van der Waals surface area contributed by atoms with E-state index in [4.69, 9.17) is 4.52 Å². The van der Waals surface area contributed by atoms with Crippen LogP contribution in [0.2, 0.25) is 0 Å². The highest BCUT2D eigenvalue weighted by molar-refractivity contribution is 7.86. The zero-order valence-electron chi connectivity index (χ0n) is 10.7. The first-order valence-corrected chi connectivity index (χ1v) is 6.61. The molecule has 8 heteroatoms. The molecule has 0 saturated carbocycles. The van der Waals surface area contributed by atoms with Gasteiger partial charge in [-0.3, -0.25) is 0 Å². The molecule has 0 radical (unpaired) electrons. The lowest BCUT2D eigenvalue weighted by Crippen LogP contribution is -2.36. The van der Waals surface area contributed by atoms with E-state index in [1.54, 1.807) is 0 Å². The summed E-state index contributed by atoms with van der Waals surface area (Å²) in [4.78, 5) is 4.12. The molecule has 0 bridgehead atoms. The van der Waals surface area contributed by atoms with E-state index in [-0.39, 0.29) is 12.5 Å². The van der Waals surface area contributed by atoms with E-state index in [1.807, 2.05) is 13.8 Å². The van der Waals surface area contributed by atoms with Gasteiger partial charge in [0.1, 0.15) is 0 Å². The molecule has 0 aliphatic rings. The molecule has 0 spiro atoms. The van der Waals surface area contributed by atoms with E-state index in [0.717, 1.165) is 8.61 Å². The average molecular weight is 262 g/mol. The van der Waals surface area contributed by atoms with Crippen molar-refractivity contribution in [2.45, 2.75) is 26.3 Å². The van der Waals surface area contributed by atoms with Crippen molar-refractivity contribution in [3.63, 3.8) is 0 Å². The van der Waals surface area contributed by atoms with Gasteiger partial charge in [0, 0.05) is 27.1 Å². The van der Waals surface area contributed by atoms with E-state index >= 15 is 0 Å². The van der Waals surface area contributed by atoms with Crippen molar-refractivity contribution in [2.75, 3.05) is 21.1 Å². The van der Waals surface area contributed by atoms with Crippen LogP contribution in [0.25, 0.3) is 0 Å². The first-order chi connectivity index (χ1) is 7.75. The Balaban J connectivity index is 2.78. The summed E-state index contributed by atoms with van der Waals surface area (Å²) in [5, 5.41) is 3.77. The Morgan fingerprint density at radius 2 is 1.88 bits per heavy atom. The zero-order chi connectivity index (χ0) is 13.2. The smallest absolute Gasteiger partial charge is 0.281 e. The number of rotatable bonds is 5. The molecule has 17 heavy (non-hydrogen) atoms. The highest BCUT2D eigenvalue weighted by atomic mass is 32.2. The van der Waals surface area contributed by atoms with Crippen LogP contribution in [-0.4, -0.2) is 48.3 Å².